The molecule has 0 aromatic rings. The van der Waals surface area contributed by atoms with Crippen LogP contribution in [0.3, 0.4) is 0 Å². The number of hydrogen-bond donors (Lipinski definition) is 1. The van der Waals surface area contributed by atoms with Crippen molar-refractivity contribution in [3.05, 3.63) is 9.21 Å². The first-order valence-electron chi connectivity index (χ1n) is 4.49. The molecule has 1 aliphatic heterocycles. The molecule has 0 spiro atoms. The Kier molecular flexibility index (Phi) is 5.38. The van der Waals surface area contributed by atoms with Gasteiger partial charge in [0.1, 0.15) is 9.21 Å². The van der Waals surface area contributed by atoms with Crippen molar-refractivity contribution in [3.63, 3.8) is 0 Å². The van der Waals surface area contributed by atoms with Gasteiger partial charge in [0.15, 0.2) is 4.57 Å². The van der Waals surface area contributed by atoms with Gasteiger partial charge in [0.25, 0.3) is 0 Å². The molecule has 0 aromatic heterocycles. The number of halogens is 3. The van der Waals surface area contributed by atoms with Gasteiger partial charge in [0.05, 0.1) is 13.2 Å². The highest BCUT2D eigenvalue weighted by Gasteiger charge is 2.41. The number of ether oxygens (including phenoxy) is 1. The van der Waals surface area contributed by atoms with Gasteiger partial charge in [-0.3, -0.25) is 4.84 Å². The van der Waals surface area contributed by atoms with E-state index in [1.165, 1.54) is 0 Å². The van der Waals surface area contributed by atoms with E-state index >= 15 is 0 Å². The van der Waals surface area contributed by atoms with Crippen LogP contribution in [0.15, 0.2) is 9.21 Å². The molecule has 0 bridgehead atoms. The Morgan fingerprint density at radius 2 is 2.07 bits per heavy atom. The highest BCUT2D eigenvalue weighted by molar-refractivity contribution is 9.14. The lowest BCUT2D eigenvalue weighted by atomic mass is 10.4. The van der Waals surface area contributed by atoms with E-state index in [9.17, 15) is 0 Å². The lowest BCUT2D eigenvalue weighted by Gasteiger charge is -2.33. The van der Waals surface area contributed by atoms with Gasteiger partial charge in [0, 0.05) is 7.11 Å². The third-order valence-electron chi connectivity index (χ3n) is 1.96. The number of rotatable bonds is 5. The van der Waals surface area contributed by atoms with Gasteiger partial charge >= 0.3 is 0 Å². The topological polar surface area (TPSA) is 33.7 Å². The molecule has 0 radical (unpaired) electrons. The molecule has 1 rings (SSSR count). The smallest absolute Gasteiger partial charge is 0.192 e. The summed E-state index contributed by atoms with van der Waals surface area (Å²) in [7, 11) is 1.65. The second-order valence-corrected chi connectivity index (χ2v) is 5.82. The number of nitrogens with zero attached hydrogens (tertiary/aromatic N) is 1. The molecule has 4 nitrogen and oxygen atoms in total. The lowest BCUT2D eigenvalue weighted by Crippen LogP contribution is -2.46. The van der Waals surface area contributed by atoms with Crippen LogP contribution in [0.25, 0.3) is 0 Å². The molecule has 0 saturated heterocycles. The van der Waals surface area contributed by atoms with Crippen molar-refractivity contribution >= 4 is 47.8 Å². The standard InChI is InChI=1S/C8H13Br3N2O2/c1-3-8(11)12-6(9)7(10)13(8)15-5-4-14-2/h12H,3-5H2,1-2H3. The van der Waals surface area contributed by atoms with Gasteiger partial charge in [-0.2, -0.15) is 0 Å². The SMILES string of the molecule is CCC1(Br)NC(Br)=C(Br)N1OCCOC. The van der Waals surface area contributed by atoms with Crippen LogP contribution in [0.1, 0.15) is 13.3 Å². The van der Waals surface area contributed by atoms with Crippen LogP contribution < -0.4 is 5.32 Å². The summed E-state index contributed by atoms with van der Waals surface area (Å²) in [5.41, 5.74) is 0. The quantitative estimate of drug-likeness (QED) is 0.431. The summed E-state index contributed by atoms with van der Waals surface area (Å²) in [6.45, 7) is 3.11. The predicted molar refractivity (Wildman–Crippen MR) is 69.6 cm³/mol. The minimum Gasteiger partial charge on any atom is -0.382 e. The van der Waals surface area contributed by atoms with E-state index in [-0.39, 0.29) is 0 Å². The first-order chi connectivity index (χ1) is 7.05. The average Bonchev–Trinajstić information content (AvgIpc) is 2.43. The van der Waals surface area contributed by atoms with Crippen molar-refractivity contribution in [2.24, 2.45) is 0 Å². The van der Waals surface area contributed by atoms with Crippen LogP contribution in [-0.2, 0) is 9.57 Å². The molecule has 7 heteroatoms. The molecule has 1 N–H and O–H groups in total. The van der Waals surface area contributed by atoms with Gasteiger partial charge in [-0.05, 0) is 54.2 Å². The van der Waals surface area contributed by atoms with Crippen LogP contribution >= 0.6 is 47.8 Å². The summed E-state index contributed by atoms with van der Waals surface area (Å²) in [4.78, 5) is 5.60. The van der Waals surface area contributed by atoms with Crippen LogP contribution in [0, 0.1) is 0 Å². The molecule has 0 aromatic carbocycles. The van der Waals surface area contributed by atoms with E-state index < -0.39 is 4.57 Å². The summed E-state index contributed by atoms with van der Waals surface area (Å²) in [6.07, 6.45) is 0.837. The molecule has 15 heavy (non-hydrogen) atoms. The summed E-state index contributed by atoms with van der Waals surface area (Å²) >= 11 is 10.4. The number of nitrogens with one attached hydrogen (secondary N) is 1. The van der Waals surface area contributed by atoms with E-state index in [1.54, 1.807) is 12.2 Å². The van der Waals surface area contributed by atoms with E-state index in [0.29, 0.717) is 13.2 Å². The molecule has 1 aliphatic rings. The van der Waals surface area contributed by atoms with Gasteiger partial charge in [0.2, 0.25) is 0 Å². The fraction of sp³-hybridized carbons (Fsp3) is 0.750. The Labute approximate surface area is 115 Å². The average molecular weight is 409 g/mol. The maximum atomic E-state index is 5.60. The van der Waals surface area contributed by atoms with Crippen LogP contribution in [-0.4, -0.2) is 30.0 Å². The third-order valence-corrected chi connectivity index (χ3v) is 4.86. The largest absolute Gasteiger partial charge is 0.382 e. The van der Waals surface area contributed by atoms with E-state index in [1.807, 2.05) is 0 Å². The van der Waals surface area contributed by atoms with Gasteiger partial charge < -0.3 is 10.1 Å². The van der Waals surface area contributed by atoms with Crippen LogP contribution in [0.5, 0.6) is 0 Å². The highest BCUT2D eigenvalue weighted by atomic mass is 79.9. The molecule has 1 atom stereocenters. The van der Waals surface area contributed by atoms with E-state index in [2.05, 4.69) is 60.0 Å². The maximum absolute atomic E-state index is 5.60. The Morgan fingerprint density at radius 3 is 2.60 bits per heavy atom. The lowest BCUT2D eigenvalue weighted by molar-refractivity contribution is -0.166. The normalized spacial score (nSPS) is 26.1. The molecule has 1 heterocycles. The summed E-state index contributed by atoms with van der Waals surface area (Å²) < 4.78 is 6.22. The summed E-state index contributed by atoms with van der Waals surface area (Å²) in [5, 5.41) is 4.98. The second kappa shape index (κ2) is 5.86. The molecule has 0 amide bonds. The van der Waals surface area contributed by atoms with Crippen LogP contribution in [0.2, 0.25) is 0 Å². The number of alkyl halides is 1. The maximum Gasteiger partial charge on any atom is 0.192 e. The Morgan fingerprint density at radius 1 is 1.40 bits per heavy atom. The highest BCUT2D eigenvalue weighted by Crippen LogP contribution is 2.40. The van der Waals surface area contributed by atoms with Crippen molar-refractivity contribution in [2.75, 3.05) is 20.3 Å². The first kappa shape index (κ1) is 13.8. The van der Waals surface area contributed by atoms with Gasteiger partial charge in [-0.15, -0.1) is 0 Å². The second-order valence-electron chi connectivity index (χ2n) is 2.96. The zero-order valence-electron chi connectivity index (χ0n) is 8.52. The predicted octanol–water partition coefficient (Wildman–Crippen LogP) is 2.84. The van der Waals surface area contributed by atoms with Crippen molar-refractivity contribution in [1.29, 1.82) is 0 Å². The zero-order valence-corrected chi connectivity index (χ0v) is 13.3. The molecular weight excluding hydrogens is 396 g/mol. The Hall–Kier alpha value is 0.700. The fourth-order valence-corrected chi connectivity index (χ4v) is 3.09. The Balaban J connectivity index is 2.64. The minimum absolute atomic E-state index is 0.404. The van der Waals surface area contributed by atoms with Crippen molar-refractivity contribution in [3.8, 4) is 0 Å². The number of methoxy groups -OCH3 is 1. The van der Waals surface area contributed by atoms with Crippen molar-refractivity contribution in [2.45, 2.75) is 17.9 Å². The molecule has 0 fully saturated rings. The van der Waals surface area contributed by atoms with Crippen molar-refractivity contribution in [1.82, 2.24) is 10.4 Å². The molecular formula is C8H13Br3N2O2. The van der Waals surface area contributed by atoms with Gasteiger partial charge in [-0.25, -0.2) is 5.06 Å². The van der Waals surface area contributed by atoms with Gasteiger partial charge in [-0.1, -0.05) is 6.92 Å². The van der Waals surface area contributed by atoms with E-state index in [0.717, 1.165) is 15.6 Å². The molecule has 0 aliphatic carbocycles. The molecule has 1 unspecified atom stereocenters. The third kappa shape index (κ3) is 3.09. The van der Waals surface area contributed by atoms with E-state index in [4.69, 9.17) is 9.57 Å². The summed E-state index contributed by atoms with van der Waals surface area (Å²) in [6, 6.07) is 0. The van der Waals surface area contributed by atoms with Crippen LogP contribution in [0.4, 0.5) is 0 Å². The molecule has 88 valence electrons. The first-order valence-corrected chi connectivity index (χ1v) is 6.87. The monoisotopic (exact) mass is 406 g/mol. The summed E-state index contributed by atoms with van der Waals surface area (Å²) in [5.74, 6) is 0. The number of hydroxylamine groups is 2. The van der Waals surface area contributed by atoms with Crippen molar-refractivity contribution < 1.29 is 9.57 Å². The fourth-order valence-electron chi connectivity index (χ4n) is 1.12. The zero-order chi connectivity index (χ0) is 11.5. The Bertz CT molecular complexity index is 262. The molecule has 0 saturated carbocycles. The minimum atomic E-state index is -0.404. The number of hydrogen-bond acceptors (Lipinski definition) is 4.